The van der Waals surface area contributed by atoms with Crippen LogP contribution in [0.25, 0.3) is 0 Å². The van der Waals surface area contributed by atoms with Crippen molar-refractivity contribution in [2.45, 2.75) is 50.7 Å². The first-order valence-corrected chi connectivity index (χ1v) is 14.8. The molecule has 38 heavy (non-hydrogen) atoms. The summed E-state index contributed by atoms with van der Waals surface area (Å²) in [4.78, 5) is 28.4. The fourth-order valence-corrected chi connectivity index (χ4v) is 5.52. The second-order valence-electron chi connectivity index (χ2n) is 8.94. The summed E-state index contributed by atoms with van der Waals surface area (Å²) in [5.41, 5.74) is 1.08. The highest BCUT2D eigenvalue weighted by molar-refractivity contribution is 9.10. The first-order valence-electron chi connectivity index (χ1n) is 12.2. The van der Waals surface area contributed by atoms with E-state index < -0.39 is 28.5 Å². The van der Waals surface area contributed by atoms with Crippen LogP contribution in [-0.4, -0.2) is 43.8 Å². The Bertz CT molecular complexity index is 1340. The van der Waals surface area contributed by atoms with Crippen molar-refractivity contribution < 1.29 is 18.0 Å². The van der Waals surface area contributed by atoms with Gasteiger partial charge in [-0.05, 0) is 74.4 Å². The van der Waals surface area contributed by atoms with Crippen molar-refractivity contribution in [2.75, 3.05) is 10.8 Å². The van der Waals surface area contributed by atoms with Crippen LogP contribution in [0, 0.1) is 0 Å². The summed E-state index contributed by atoms with van der Waals surface area (Å²) in [5.74, 6) is -0.831. The molecule has 0 spiro atoms. The number of halogens is 2. The Balaban J connectivity index is 2.00. The summed E-state index contributed by atoms with van der Waals surface area (Å²) in [5, 5.41) is 3.35. The Morgan fingerprint density at radius 2 is 1.55 bits per heavy atom. The van der Waals surface area contributed by atoms with Crippen molar-refractivity contribution >= 4 is 55.1 Å². The van der Waals surface area contributed by atoms with Crippen molar-refractivity contribution in [3.63, 3.8) is 0 Å². The maximum atomic E-state index is 13.8. The van der Waals surface area contributed by atoms with Gasteiger partial charge in [-0.3, -0.25) is 13.9 Å². The van der Waals surface area contributed by atoms with Crippen LogP contribution in [-0.2, 0) is 26.2 Å². The van der Waals surface area contributed by atoms with Crippen LogP contribution in [0.2, 0.25) is 5.02 Å². The van der Waals surface area contributed by atoms with Gasteiger partial charge >= 0.3 is 0 Å². The number of benzene rings is 3. The normalized spacial score (nSPS) is 12.9. The lowest BCUT2D eigenvalue weighted by Crippen LogP contribution is -2.52. The summed E-state index contributed by atoms with van der Waals surface area (Å²) >= 11 is 9.45. The van der Waals surface area contributed by atoms with Gasteiger partial charge in [0.15, 0.2) is 0 Å². The Morgan fingerprint density at radius 3 is 2.13 bits per heavy atom. The zero-order valence-corrected chi connectivity index (χ0v) is 24.6. The fraction of sp³-hybridized carbons (Fsp3) is 0.286. The zero-order valence-electron chi connectivity index (χ0n) is 21.5. The van der Waals surface area contributed by atoms with Gasteiger partial charge in [0.1, 0.15) is 12.6 Å². The Morgan fingerprint density at radius 1 is 0.947 bits per heavy atom. The van der Waals surface area contributed by atoms with E-state index in [0.717, 1.165) is 20.8 Å². The molecule has 0 aliphatic heterocycles. The summed E-state index contributed by atoms with van der Waals surface area (Å²) < 4.78 is 29.3. The van der Waals surface area contributed by atoms with Crippen LogP contribution in [0.4, 0.5) is 5.69 Å². The van der Waals surface area contributed by atoms with Gasteiger partial charge in [0, 0.05) is 22.1 Å². The van der Waals surface area contributed by atoms with Gasteiger partial charge in [-0.1, -0.05) is 64.8 Å². The van der Waals surface area contributed by atoms with Crippen molar-refractivity contribution in [3.8, 4) is 0 Å². The van der Waals surface area contributed by atoms with Gasteiger partial charge in [0.2, 0.25) is 11.8 Å². The molecule has 0 saturated heterocycles. The predicted molar refractivity (Wildman–Crippen MR) is 154 cm³/mol. The zero-order chi connectivity index (χ0) is 27.9. The number of nitrogens with zero attached hydrogens (tertiary/aromatic N) is 2. The summed E-state index contributed by atoms with van der Waals surface area (Å²) in [7, 11) is -4.11. The number of sulfonamides is 1. The number of carbonyl (C=O) groups excluding carboxylic acids is 2. The second kappa shape index (κ2) is 13.3. The first kappa shape index (κ1) is 29.7. The standard InChI is InChI=1S/C28H31BrClN3O4S/c1-4-20(2)31-28(35)21(3)32(18-22-10-12-23(29)13-11-22)27(34)19-33(25-16-14-24(30)15-17-25)38(36,37)26-8-6-5-7-9-26/h5-17,20-21H,4,18-19H2,1-3H3,(H,31,35)/t20-,21-/m1/s1. The SMILES string of the molecule is CC[C@@H](C)NC(=O)[C@@H](C)N(Cc1ccc(Br)cc1)C(=O)CN(c1ccc(Cl)cc1)S(=O)(=O)c1ccccc1. The van der Waals surface area contributed by atoms with Crippen molar-refractivity contribution in [1.29, 1.82) is 0 Å². The lowest BCUT2D eigenvalue weighted by molar-refractivity contribution is -0.139. The molecule has 202 valence electrons. The Labute approximate surface area is 238 Å². The molecular weight excluding hydrogens is 590 g/mol. The van der Waals surface area contributed by atoms with Crippen molar-refractivity contribution in [3.05, 3.63) is 93.9 Å². The number of nitrogens with one attached hydrogen (secondary N) is 1. The third kappa shape index (κ3) is 7.58. The maximum Gasteiger partial charge on any atom is 0.264 e. The highest BCUT2D eigenvalue weighted by Crippen LogP contribution is 2.26. The molecule has 7 nitrogen and oxygen atoms in total. The van der Waals surface area contributed by atoms with E-state index in [-0.39, 0.29) is 29.1 Å². The summed E-state index contributed by atoms with van der Waals surface area (Å²) in [6.07, 6.45) is 0.735. The van der Waals surface area contributed by atoms with Crippen molar-refractivity contribution in [1.82, 2.24) is 10.2 Å². The average Bonchev–Trinajstić information content (AvgIpc) is 2.91. The molecule has 1 N–H and O–H groups in total. The van der Waals surface area contributed by atoms with E-state index in [2.05, 4.69) is 21.2 Å². The molecule has 0 heterocycles. The number of hydrogen-bond acceptors (Lipinski definition) is 4. The van der Waals surface area contributed by atoms with E-state index in [1.54, 1.807) is 49.4 Å². The fourth-order valence-electron chi connectivity index (χ4n) is 3.69. The van der Waals surface area contributed by atoms with Crippen molar-refractivity contribution in [2.24, 2.45) is 0 Å². The highest BCUT2D eigenvalue weighted by Gasteiger charge is 2.32. The van der Waals surface area contributed by atoms with Crippen LogP contribution in [0.5, 0.6) is 0 Å². The molecule has 3 aromatic carbocycles. The molecule has 0 fully saturated rings. The van der Waals surface area contributed by atoms with Gasteiger partial charge in [0.25, 0.3) is 10.0 Å². The topological polar surface area (TPSA) is 86.8 Å². The predicted octanol–water partition coefficient (Wildman–Crippen LogP) is 5.63. The first-order chi connectivity index (χ1) is 18.0. The third-order valence-corrected chi connectivity index (χ3v) is 8.73. The number of rotatable bonds is 11. The van der Waals surface area contributed by atoms with E-state index in [1.807, 2.05) is 38.1 Å². The molecule has 0 saturated carbocycles. The van der Waals surface area contributed by atoms with E-state index in [9.17, 15) is 18.0 Å². The third-order valence-electron chi connectivity index (χ3n) is 6.16. The van der Waals surface area contributed by atoms with Crippen LogP contribution in [0.3, 0.4) is 0 Å². The molecule has 10 heteroatoms. The maximum absolute atomic E-state index is 13.8. The minimum absolute atomic E-state index is 0.0461. The molecule has 0 unspecified atom stereocenters. The van der Waals surface area contributed by atoms with Crippen LogP contribution < -0.4 is 9.62 Å². The van der Waals surface area contributed by atoms with E-state index in [1.165, 1.54) is 17.0 Å². The molecule has 0 aromatic heterocycles. The molecule has 0 aliphatic rings. The molecule has 0 aliphatic carbocycles. The summed E-state index contributed by atoms with van der Waals surface area (Å²) in [6, 6.07) is 20.6. The molecule has 0 radical (unpaired) electrons. The number of hydrogen-bond donors (Lipinski definition) is 1. The van der Waals surface area contributed by atoms with Crippen LogP contribution in [0.1, 0.15) is 32.8 Å². The molecule has 0 bridgehead atoms. The van der Waals surface area contributed by atoms with Crippen LogP contribution in [0.15, 0.2) is 88.2 Å². The molecular formula is C28H31BrClN3O4S. The smallest absolute Gasteiger partial charge is 0.264 e. The second-order valence-corrected chi connectivity index (χ2v) is 12.2. The number of amides is 2. The minimum atomic E-state index is -4.11. The Hall–Kier alpha value is -2.88. The number of carbonyl (C=O) groups is 2. The van der Waals surface area contributed by atoms with E-state index in [4.69, 9.17) is 11.6 Å². The molecule has 2 atom stereocenters. The average molecular weight is 621 g/mol. The Kier molecular flexibility index (Phi) is 10.4. The lowest BCUT2D eigenvalue weighted by Gasteiger charge is -2.32. The minimum Gasteiger partial charge on any atom is -0.352 e. The van der Waals surface area contributed by atoms with E-state index >= 15 is 0 Å². The highest BCUT2D eigenvalue weighted by atomic mass is 79.9. The lowest BCUT2D eigenvalue weighted by atomic mass is 10.1. The van der Waals surface area contributed by atoms with E-state index in [0.29, 0.717) is 5.02 Å². The van der Waals surface area contributed by atoms with Crippen LogP contribution >= 0.6 is 27.5 Å². The number of anilines is 1. The molecule has 3 rings (SSSR count). The summed E-state index contributed by atoms with van der Waals surface area (Å²) in [6.45, 7) is 5.11. The monoisotopic (exact) mass is 619 g/mol. The molecule has 3 aromatic rings. The molecule has 2 amide bonds. The van der Waals surface area contributed by atoms with Gasteiger partial charge in [0.05, 0.1) is 10.6 Å². The van der Waals surface area contributed by atoms with Gasteiger partial charge in [-0.2, -0.15) is 0 Å². The van der Waals surface area contributed by atoms with Gasteiger partial charge in [-0.25, -0.2) is 8.42 Å². The quantitative estimate of drug-likeness (QED) is 0.301. The largest absolute Gasteiger partial charge is 0.352 e. The van der Waals surface area contributed by atoms with Gasteiger partial charge < -0.3 is 10.2 Å². The van der Waals surface area contributed by atoms with Gasteiger partial charge in [-0.15, -0.1) is 0 Å².